The Balaban J connectivity index is 2.95. The number of nitrogens with one attached hydrogen (secondary N) is 1. The fraction of sp³-hybridized carbons (Fsp3) is 0.500. The van der Waals surface area contributed by atoms with E-state index in [9.17, 15) is 0 Å². The highest BCUT2D eigenvalue weighted by molar-refractivity contribution is 5.77. The number of allylic oxidation sites excluding steroid dienone is 2. The lowest BCUT2D eigenvalue weighted by Crippen LogP contribution is -2.52. The van der Waals surface area contributed by atoms with Gasteiger partial charge in [0, 0.05) is 30.2 Å². The lowest BCUT2D eigenvalue weighted by atomic mass is 10.00. The molecule has 4 heteroatoms. The van der Waals surface area contributed by atoms with Crippen molar-refractivity contribution in [1.82, 2.24) is 4.90 Å². The second-order valence-electron chi connectivity index (χ2n) is 4.56. The van der Waals surface area contributed by atoms with E-state index in [1.807, 2.05) is 26.0 Å². The van der Waals surface area contributed by atoms with E-state index in [-0.39, 0.29) is 18.2 Å². The highest BCUT2D eigenvalue weighted by Gasteiger charge is 2.34. The fourth-order valence-corrected chi connectivity index (χ4v) is 2.26. The van der Waals surface area contributed by atoms with Gasteiger partial charge in [-0.15, -0.1) is 0 Å². The zero-order valence-corrected chi connectivity index (χ0v) is 11.4. The van der Waals surface area contributed by atoms with Crippen molar-refractivity contribution in [3.63, 3.8) is 0 Å². The van der Waals surface area contributed by atoms with E-state index in [1.54, 1.807) is 0 Å². The van der Waals surface area contributed by atoms with E-state index >= 15 is 0 Å². The van der Waals surface area contributed by atoms with Crippen LogP contribution in [0.2, 0.25) is 0 Å². The largest absolute Gasteiger partial charge is 0.404 e. The maximum Gasteiger partial charge on any atom is 0.106 e. The Bertz CT molecular complexity index is 373. The molecule has 4 nitrogen and oxygen atoms in total. The smallest absolute Gasteiger partial charge is 0.106 e. The molecule has 18 heavy (non-hydrogen) atoms. The summed E-state index contributed by atoms with van der Waals surface area (Å²) in [5.74, 6) is 0. The van der Waals surface area contributed by atoms with Crippen LogP contribution >= 0.6 is 0 Å². The minimum Gasteiger partial charge on any atom is -0.404 e. The molecule has 0 aliphatic carbocycles. The summed E-state index contributed by atoms with van der Waals surface area (Å²) in [4.78, 5) is 2.20. The van der Waals surface area contributed by atoms with Gasteiger partial charge in [0.25, 0.3) is 0 Å². The van der Waals surface area contributed by atoms with Crippen molar-refractivity contribution in [3.8, 4) is 0 Å². The third kappa shape index (κ3) is 3.01. The van der Waals surface area contributed by atoms with Gasteiger partial charge >= 0.3 is 0 Å². The summed E-state index contributed by atoms with van der Waals surface area (Å²) >= 11 is 0. The number of rotatable bonds is 4. The standard InChI is InChI=1S/C14H23N3O/c1-5-6-10(2)17-9-11(3)18-14(12(17)4)13(7-15)8-16/h5-8,11-12,14-15H,2,9,16H2,1,3-4H3/b6-5-,13-8+,15-7?. The molecule has 1 saturated heterocycles. The molecule has 3 unspecified atom stereocenters. The lowest BCUT2D eigenvalue weighted by molar-refractivity contribution is -0.0754. The van der Waals surface area contributed by atoms with Crippen LogP contribution in [-0.4, -0.2) is 35.9 Å². The molecule has 0 spiro atoms. The van der Waals surface area contributed by atoms with Gasteiger partial charge in [0.2, 0.25) is 0 Å². The molecule has 100 valence electrons. The Morgan fingerprint density at radius 2 is 2.17 bits per heavy atom. The highest BCUT2D eigenvalue weighted by atomic mass is 16.5. The predicted molar refractivity (Wildman–Crippen MR) is 75.5 cm³/mol. The highest BCUT2D eigenvalue weighted by Crippen LogP contribution is 2.25. The van der Waals surface area contributed by atoms with Gasteiger partial charge in [0.05, 0.1) is 12.1 Å². The summed E-state index contributed by atoms with van der Waals surface area (Å²) in [6, 6.07) is 0.112. The zero-order chi connectivity index (χ0) is 13.7. The summed E-state index contributed by atoms with van der Waals surface area (Å²) in [6.45, 7) is 10.9. The molecule has 0 amide bonds. The van der Waals surface area contributed by atoms with Crippen LogP contribution < -0.4 is 5.73 Å². The fourth-order valence-electron chi connectivity index (χ4n) is 2.26. The van der Waals surface area contributed by atoms with E-state index in [4.69, 9.17) is 15.9 Å². The minimum atomic E-state index is -0.182. The molecule has 1 aliphatic rings. The normalized spacial score (nSPS) is 29.6. The summed E-state index contributed by atoms with van der Waals surface area (Å²) in [7, 11) is 0. The van der Waals surface area contributed by atoms with Gasteiger partial charge in [0.1, 0.15) is 6.10 Å². The molecular weight excluding hydrogens is 226 g/mol. The average Bonchev–Trinajstić information content (AvgIpc) is 2.34. The van der Waals surface area contributed by atoms with Crippen LogP contribution in [0.25, 0.3) is 0 Å². The van der Waals surface area contributed by atoms with Gasteiger partial charge in [-0.25, -0.2) is 0 Å². The molecule has 3 N–H and O–H groups in total. The van der Waals surface area contributed by atoms with E-state index in [2.05, 4.69) is 18.4 Å². The summed E-state index contributed by atoms with van der Waals surface area (Å²) in [5.41, 5.74) is 7.22. The van der Waals surface area contributed by atoms with Crippen molar-refractivity contribution >= 4 is 6.21 Å². The van der Waals surface area contributed by atoms with Crippen LogP contribution in [0, 0.1) is 5.41 Å². The van der Waals surface area contributed by atoms with Gasteiger partial charge in [0.15, 0.2) is 0 Å². The van der Waals surface area contributed by atoms with Gasteiger partial charge in [-0.1, -0.05) is 12.7 Å². The van der Waals surface area contributed by atoms with Crippen LogP contribution in [0.5, 0.6) is 0 Å². The van der Waals surface area contributed by atoms with E-state index in [1.165, 1.54) is 12.4 Å². The zero-order valence-electron chi connectivity index (χ0n) is 11.4. The predicted octanol–water partition coefficient (Wildman–Crippen LogP) is 2.05. The summed E-state index contributed by atoms with van der Waals surface area (Å²) in [6.07, 6.45) is 6.57. The van der Waals surface area contributed by atoms with Crippen LogP contribution in [0.15, 0.2) is 36.2 Å². The molecule has 0 saturated carbocycles. The molecule has 3 atom stereocenters. The van der Waals surface area contributed by atoms with Gasteiger partial charge < -0.3 is 20.8 Å². The number of morpholine rings is 1. The molecule has 0 bridgehead atoms. The first kappa shape index (κ1) is 14.5. The molecule has 1 heterocycles. The Morgan fingerprint density at radius 3 is 2.67 bits per heavy atom. The summed E-state index contributed by atoms with van der Waals surface area (Å²) in [5, 5.41) is 7.40. The molecule has 0 aromatic rings. The van der Waals surface area contributed by atoms with Crippen LogP contribution in [0.4, 0.5) is 0 Å². The van der Waals surface area contributed by atoms with Crippen molar-refractivity contribution in [2.24, 2.45) is 5.73 Å². The van der Waals surface area contributed by atoms with E-state index < -0.39 is 0 Å². The molecule has 0 aromatic carbocycles. The number of nitrogens with zero attached hydrogens (tertiary/aromatic N) is 1. The maximum atomic E-state index is 7.40. The maximum absolute atomic E-state index is 7.40. The monoisotopic (exact) mass is 249 g/mol. The quantitative estimate of drug-likeness (QED) is 0.592. The Hall–Kier alpha value is -1.55. The van der Waals surface area contributed by atoms with E-state index in [0.29, 0.717) is 5.57 Å². The van der Waals surface area contributed by atoms with E-state index in [0.717, 1.165) is 12.2 Å². The number of hydrogen-bond donors (Lipinski definition) is 2. The molecular formula is C14H23N3O. The van der Waals surface area contributed by atoms with Crippen molar-refractivity contribution < 1.29 is 4.74 Å². The second-order valence-corrected chi connectivity index (χ2v) is 4.56. The molecule has 1 aliphatic heterocycles. The van der Waals surface area contributed by atoms with Gasteiger partial charge in [-0.3, -0.25) is 0 Å². The van der Waals surface area contributed by atoms with Crippen molar-refractivity contribution in [2.45, 2.75) is 39.0 Å². The summed E-state index contributed by atoms with van der Waals surface area (Å²) < 4.78 is 5.89. The lowest BCUT2D eigenvalue weighted by Gasteiger charge is -2.44. The molecule has 1 rings (SSSR count). The van der Waals surface area contributed by atoms with Gasteiger partial charge in [-0.05, 0) is 26.8 Å². The first-order valence-corrected chi connectivity index (χ1v) is 6.21. The molecule has 1 fully saturated rings. The number of ether oxygens (including phenoxy) is 1. The SMILES string of the molecule is C=C(/C=C\C)N1CC(C)OC(/C(C=N)=C/N)C1C. The van der Waals surface area contributed by atoms with Crippen LogP contribution in [-0.2, 0) is 4.74 Å². The van der Waals surface area contributed by atoms with Crippen LogP contribution in [0.1, 0.15) is 20.8 Å². The third-order valence-electron chi connectivity index (χ3n) is 3.18. The van der Waals surface area contributed by atoms with Crippen molar-refractivity contribution in [2.75, 3.05) is 6.54 Å². The van der Waals surface area contributed by atoms with Crippen LogP contribution in [0.3, 0.4) is 0 Å². The number of nitrogens with two attached hydrogens (primary N) is 1. The second kappa shape index (κ2) is 6.40. The third-order valence-corrected chi connectivity index (χ3v) is 3.18. The Kier molecular flexibility index (Phi) is 5.16. The molecule has 0 radical (unpaired) electrons. The Labute approximate surface area is 109 Å². The molecule has 0 aromatic heterocycles. The van der Waals surface area contributed by atoms with Crippen molar-refractivity contribution in [1.29, 1.82) is 5.41 Å². The topological polar surface area (TPSA) is 62.3 Å². The first-order chi connectivity index (χ1) is 8.54. The number of hydrogen-bond acceptors (Lipinski definition) is 4. The average molecular weight is 249 g/mol. The van der Waals surface area contributed by atoms with Gasteiger partial charge in [-0.2, -0.15) is 0 Å². The first-order valence-electron chi connectivity index (χ1n) is 6.21. The Morgan fingerprint density at radius 1 is 1.50 bits per heavy atom. The van der Waals surface area contributed by atoms with Crippen molar-refractivity contribution in [3.05, 3.63) is 36.2 Å². The minimum absolute atomic E-state index is 0.0862.